The molecule has 1 nitrogen and oxygen atoms in total. The maximum absolute atomic E-state index is 5.15. The van der Waals surface area contributed by atoms with Gasteiger partial charge in [-0.25, -0.2) is 0 Å². The molecule has 1 heteroatoms. The molecule has 1 aliphatic carbocycles. The summed E-state index contributed by atoms with van der Waals surface area (Å²) in [6, 6.07) is 0. The lowest BCUT2D eigenvalue weighted by molar-refractivity contribution is 0.636. The molecule has 0 radical (unpaired) electrons. The van der Waals surface area contributed by atoms with Gasteiger partial charge in [0.15, 0.2) is 0 Å². The SMILES string of the molecule is C#CCCNCCC1=CCCCC1. The molecule has 1 rings (SSSR count). The first kappa shape index (κ1) is 10.3. The molecule has 1 aliphatic rings. The molecule has 1 N–H and O–H groups in total. The third-order valence-electron chi connectivity index (χ3n) is 2.45. The van der Waals surface area contributed by atoms with E-state index in [0.29, 0.717) is 0 Å². The molecule has 0 fully saturated rings. The van der Waals surface area contributed by atoms with E-state index in [9.17, 15) is 0 Å². The number of nitrogens with one attached hydrogen (secondary N) is 1. The van der Waals surface area contributed by atoms with E-state index in [2.05, 4.69) is 17.3 Å². The molecular formula is C12H19N. The maximum Gasteiger partial charge on any atom is 0.0211 e. The van der Waals surface area contributed by atoms with Gasteiger partial charge < -0.3 is 5.32 Å². The van der Waals surface area contributed by atoms with Crippen molar-refractivity contribution >= 4 is 0 Å². The van der Waals surface area contributed by atoms with Crippen LogP contribution in [0.3, 0.4) is 0 Å². The molecule has 0 atom stereocenters. The van der Waals surface area contributed by atoms with Crippen LogP contribution in [0.25, 0.3) is 0 Å². The van der Waals surface area contributed by atoms with Gasteiger partial charge in [-0.2, -0.15) is 0 Å². The molecule has 0 unspecified atom stereocenters. The van der Waals surface area contributed by atoms with Crippen molar-refractivity contribution in [2.75, 3.05) is 13.1 Å². The highest BCUT2D eigenvalue weighted by Gasteiger charge is 2.02. The van der Waals surface area contributed by atoms with Crippen LogP contribution >= 0.6 is 0 Å². The Labute approximate surface area is 81.6 Å². The molecule has 0 aromatic heterocycles. The summed E-state index contributed by atoms with van der Waals surface area (Å²) < 4.78 is 0. The number of hydrogen-bond acceptors (Lipinski definition) is 1. The van der Waals surface area contributed by atoms with E-state index in [4.69, 9.17) is 6.42 Å². The molecule has 0 bridgehead atoms. The third kappa shape index (κ3) is 4.75. The Kier molecular flexibility index (Phi) is 5.36. The van der Waals surface area contributed by atoms with E-state index < -0.39 is 0 Å². The van der Waals surface area contributed by atoms with Crippen LogP contribution in [0.1, 0.15) is 38.5 Å². The van der Waals surface area contributed by atoms with Crippen LogP contribution in [-0.2, 0) is 0 Å². The smallest absolute Gasteiger partial charge is 0.0211 e. The van der Waals surface area contributed by atoms with Crippen molar-refractivity contribution in [2.24, 2.45) is 0 Å². The van der Waals surface area contributed by atoms with Gasteiger partial charge in [-0.1, -0.05) is 11.6 Å². The van der Waals surface area contributed by atoms with Crippen molar-refractivity contribution in [1.82, 2.24) is 5.32 Å². The molecule has 0 heterocycles. The first-order valence-corrected chi connectivity index (χ1v) is 5.25. The molecule has 0 saturated carbocycles. The summed E-state index contributed by atoms with van der Waals surface area (Å²) in [5, 5.41) is 3.35. The molecule has 0 aromatic rings. The second-order valence-corrected chi connectivity index (χ2v) is 3.56. The molecule has 72 valence electrons. The lowest BCUT2D eigenvalue weighted by atomic mass is 9.97. The number of hydrogen-bond donors (Lipinski definition) is 1. The van der Waals surface area contributed by atoms with E-state index >= 15 is 0 Å². The van der Waals surface area contributed by atoms with Crippen LogP contribution < -0.4 is 5.32 Å². The zero-order valence-corrected chi connectivity index (χ0v) is 8.31. The topological polar surface area (TPSA) is 12.0 Å². The van der Waals surface area contributed by atoms with Crippen molar-refractivity contribution in [3.63, 3.8) is 0 Å². The van der Waals surface area contributed by atoms with E-state index in [-0.39, 0.29) is 0 Å². The van der Waals surface area contributed by atoms with Crippen LogP contribution in [0.4, 0.5) is 0 Å². The first-order valence-electron chi connectivity index (χ1n) is 5.25. The molecule has 0 spiro atoms. The van der Waals surface area contributed by atoms with Gasteiger partial charge in [-0.15, -0.1) is 12.3 Å². The maximum atomic E-state index is 5.15. The predicted octanol–water partition coefficient (Wildman–Crippen LogP) is 2.49. The van der Waals surface area contributed by atoms with Crippen molar-refractivity contribution in [1.29, 1.82) is 0 Å². The summed E-state index contributed by atoms with van der Waals surface area (Å²) in [6.45, 7) is 2.05. The standard InChI is InChI=1S/C12H19N/c1-2-3-10-13-11-9-12-7-5-4-6-8-12/h1,7,13H,3-6,8-11H2. The Morgan fingerprint density at radius 1 is 1.38 bits per heavy atom. The second kappa shape index (κ2) is 6.74. The highest BCUT2D eigenvalue weighted by Crippen LogP contribution is 2.19. The molecule has 0 amide bonds. The minimum atomic E-state index is 0.846. The zero-order valence-electron chi connectivity index (χ0n) is 8.31. The highest BCUT2D eigenvalue weighted by molar-refractivity contribution is 5.05. The number of rotatable bonds is 5. The van der Waals surface area contributed by atoms with E-state index in [0.717, 1.165) is 19.5 Å². The minimum absolute atomic E-state index is 0.846. The fourth-order valence-corrected chi connectivity index (χ4v) is 1.67. The normalized spacial score (nSPS) is 16.4. The van der Waals surface area contributed by atoms with Crippen LogP contribution in [-0.4, -0.2) is 13.1 Å². The quantitative estimate of drug-likeness (QED) is 0.386. The summed E-state index contributed by atoms with van der Waals surface area (Å²) >= 11 is 0. The van der Waals surface area contributed by atoms with Crippen LogP contribution in [0.5, 0.6) is 0 Å². The third-order valence-corrected chi connectivity index (χ3v) is 2.45. The monoisotopic (exact) mass is 177 g/mol. The lowest BCUT2D eigenvalue weighted by Crippen LogP contribution is -2.17. The number of terminal acetylenes is 1. The molecular weight excluding hydrogens is 158 g/mol. The fourth-order valence-electron chi connectivity index (χ4n) is 1.67. The fraction of sp³-hybridized carbons (Fsp3) is 0.667. The average Bonchev–Trinajstić information content (AvgIpc) is 2.19. The Hall–Kier alpha value is -0.740. The Morgan fingerprint density at radius 2 is 2.31 bits per heavy atom. The Balaban J connectivity index is 1.99. The second-order valence-electron chi connectivity index (χ2n) is 3.56. The van der Waals surface area contributed by atoms with Crippen LogP contribution in [0.2, 0.25) is 0 Å². The van der Waals surface area contributed by atoms with Gasteiger partial charge in [0.25, 0.3) is 0 Å². The zero-order chi connectivity index (χ0) is 9.36. The Morgan fingerprint density at radius 3 is 3.00 bits per heavy atom. The summed E-state index contributed by atoms with van der Waals surface area (Å²) in [5.74, 6) is 2.63. The van der Waals surface area contributed by atoms with Crippen molar-refractivity contribution in [3.05, 3.63) is 11.6 Å². The van der Waals surface area contributed by atoms with Gasteiger partial charge in [-0.05, 0) is 38.6 Å². The predicted molar refractivity (Wildman–Crippen MR) is 57.5 cm³/mol. The van der Waals surface area contributed by atoms with Gasteiger partial charge in [0.2, 0.25) is 0 Å². The lowest BCUT2D eigenvalue weighted by Gasteiger charge is -2.12. The van der Waals surface area contributed by atoms with E-state index in [1.807, 2.05) is 0 Å². The highest BCUT2D eigenvalue weighted by atomic mass is 14.8. The van der Waals surface area contributed by atoms with Crippen molar-refractivity contribution < 1.29 is 0 Å². The minimum Gasteiger partial charge on any atom is -0.315 e. The van der Waals surface area contributed by atoms with Gasteiger partial charge in [0.1, 0.15) is 0 Å². The van der Waals surface area contributed by atoms with Crippen molar-refractivity contribution in [2.45, 2.75) is 38.5 Å². The average molecular weight is 177 g/mol. The van der Waals surface area contributed by atoms with Gasteiger partial charge in [0, 0.05) is 13.0 Å². The molecule has 0 saturated heterocycles. The summed E-state index contributed by atoms with van der Waals surface area (Å²) in [4.78, 5) is 0. The molecule has 0 aliphatic heterocycles. The molecule has 0 aromatic carbocycles. The van der Waals surface area contributed by atoms with Crippen LogP contribution in [0, 0.1) is 12.3 Å². The van der Waals surface area contributed by atoms with Crippen molar-refractivity contribution in [3.8, 4) is 12.3 Å². The summed E-state index contributed by atoms with van der Waals surface area (Å²) in [7, 11) is 0. The van der Waals surface area contributed by atoms with Crippen LogP contribution in [0.15, 0.2) is 11.6 Å². The number of allylic oxidation sites excluding steroid dienone is 1. The summed E-state index contributed by atoms with van der Waals surface area (Å²) in [5.41, 5.74) is 1.64. The van der Waals surface area contributed by atoms with E-state index in [1.165, 1.54) is 32.1 Å². The van der Waals surface area contributed by atoms with E-state index in [1.54, 1.807) is 5.57 Å². The van der Waals surface area contributed by atoms with Gasteiger partial charge in [0.05, 0.1) is 0 Å². The van der Waals surface area contributed by atoms with Gasteiger partial charge >= 0.3 is 0 Å². The summed E-state index contributed by atoms with van der Waals surface area (Å²) in [6.07, 6.45) is 15.0. The first-order chi connectivity index (χ1) is 6.43. The Bertz CT molecular complexity index is 198. The van der Waals surface area contributed by atoms with Gasteiger partial charge in [-0.3, -0.25) is 0 Å². The largest absolute Gasteiger partial charge is 0.315 e. The molecule has 13 heavy (non-hydrogen) atoms.